The van der Waals surface area contributed by atoms with Gasteiger partial charge in [-0.3, -0.25) is 0 Å². The smallest absolute Gasteiger partial charge is 0.137 e. The van der Waals surface area contributed by atoms with Crippen LogP contribution in [0.2, 0.25) is 0 Å². The number of rotatable bonds is 3. The Hall–Kier alpha value is -1.66. The molecule has 0 atom stereocenters. The van der Waals surface area contributed by atoms with Crippen molar-refractivity contribution in [2.75, 3.05) is 11.1 Å². The third-order valence-electron chi connectivity index (χ3n) is 2.71. The maximum Gasteiger partial charge on any atom is 0.137 e. The van der Waals surface area contributed by atoms with E-state index in [-0.39, 0.29) is 0 Å². The summed E-state index contributed by atoms with van der Waals surface area (Å²) in [5.74, 6) is 0.828. The zero-order valence-corrected chi connectivity index (χ0v) is 12.3. The van der Waals surface area contributed by atoms with Crippen LogP contribution in [0.3, 0.4) is 0 Å². The minimum absolute atomic E-state index is 0.708. The molecule has 0 aliphatic carbocycles. The minimum atomic E-state index is 0.708. The predicted molar refractivity (Wildman–Crippen MR) is 83.3 cm³/mol. The van der Waals surface area contributed by atoms with Crippen LogP contribution in [-0.4, -0.2) is 9.97 Å². The molecular weight excluding hydrogens is 324 g/mol. The quantitative estimate of drug-likeness (QED) is 0.717. The van der Waals surface area contributed by atoms with Crippen molar-refractivity contribution < 1.29 is 0 Å². The topological polar surface area (TPSA) is 63.8 Å². The largest absolute Gasteiger partial charge is 0.399 e. The molecule has 3 aromatic rings. The summed E-state index contributed by atoms with van der Waals surface area (Å²) in [6, 6.07) is 7.75. The predicted octanol–water partition coefficient (Wildman–Crippen LogP) is 3.65. The van der Waals surface area contributed by atoms with Crippen LogP contribution in [-0.2, 0) is 6.54 Å². The standard InChI is InChI=1S/C13H11BrN4S/c14-8-3-10(19-6-8)5-16-13-11-2-1-9(15)4-12(11)17-7-18-13/h1-4,6-7H,5,15H2,(H,16,17,18). The van der Waals surface area contributed by atoms with Crippen LogP contribution in [0.25, 0.3) is 10.9 Å². The molecule has 0 spiro atoms. The van der Waals surface area contributed by atoms with E-state index >= 15 is 0 Å². The van der Waals surface area contributed by atoms with Crippen LogP contribution < -0.4 is 11.1 Å². The Balaban J connectivity index is 1.88. The van der Waals surface area contributed by atoms with Crippen molar-refractivity contribution in [2.24, 2.45) is 0 Å². The van der Waals surface area contributed by atoms with Crippen molar-refractivity contribution in [2.45, 2.75) is 6.54 Å². The van der Waals surface area contributed by atoms with Crippen molar-refractivity contribution in [1.29, 1.82) is 0 Å². The molecule has 2 aromatic heterocycles. The second kappa shape index (κ2) is 5.14. The molecule has 6 heteroatoms. The fraction of sp³-hybridized carbons (Fsp3) is 0.0769. The lowest BCUT2D eigenvalue weighted by Gasteiger charge is -2.07. The number of nitrogens with zero attached hydrogens (tertiary/aromatic N) is 2. The Morgan fingerprint density at radius 1 is 1.26 bits per heavy atom. The van der Waals surface area contributed by atoms with Gasteiger partial charge >= 0.3 is 0 Å². The zero-order valence-electron chi connectivity index (χ0n) is 9.93. The van der Waals surface area contributed by atoms with E-state index < -0.39 is 0 Å². The second-order valence-corrected chi connectivity index (χ2v) is 6.00. The van der Waals surface area contributed by atoms with Gasteiger partial charge in [0.05, 0.1) is 12.1 Å². The molecule has 4 nitrogen and oxygen atoms in total. The van der Waals surface area contributed by atoms with Crippen molar-refractivity contribution in [3.8, 4) is 0 Å². The van der Waals surface area contributed by atoms with Gasteiger partial charge in [-0.15, -0.1) is 11.3 Å². The van der Waals surface area contributed by atoms with E-state index in [2.05, 4.69) is 42.7 Å². The molecule has 0 saturated heterocycles. The van der Waals surface area contributed by atoms with Gasteiger partial charge in [0, 0.05) is 25.8 Å². The third kappa shape index (κ3) is 2.69. The average molecular weight is 335 g/mol. The van der Waals surface area contributed by atoms with Crippen LogP contribution in [0.4, 0.5) is 11.5 Å². The highest BCUT2D eigenvalue weighted by Crippen LogP contribution is 2.24. The molecule has 3 rings (SSSR count). The summed E-state index contributed by atoms with van der Waals surface area (Å²) in [5, 5.41) is 6.38. The molecule has 0 bridgehead atoms. The monoisotopic (exact) mass is 334 g/mol. The summed E-state index contributed by atoms with van der Waals surface area (Å²) in [6.45, 7) is 0.743. The van der Waals surface area contributed by atoms with E-state index in [1.807, 2.05) is 18.2 Å². The normalized spacial score (nSPS) is 10.8. The van der Waals surface area contributed by atoms with Gasteiger partial charge in [-0.25, -0.2) is 9.97 Å². The van der Waals surface area contributed by atoms with Gasteiger partial charge in [-0.1, -0.05) is 0 Å². The van der Waals surface area contributed by atoms with Crippen molar-refractivity contribution in [3.63, 3.8) is 0 Å². The first kappa shape index (κ1) is 12.4. The van der Waals surface area contributed by atoms with Gasteiger partial charge in [0.15, 0.2) is 0 Å². The number of nitrogens with one attached hydrogen (secondary N) is 1. The Morgan fingerprint density at radius 2 is 2.16 bits per heavy atom. The van der Waals surface area contributed by atoms with E-state index in [4.69, 9.17) is 5.73 Å². The number of hydrogen-bond donors (Lipinski definition) is 2. The van der Waals surface area contributed by atoms with Crippen LogP contribution in [0, 0.1) is 0 Å². The number of nitrogens with two attached hydrogens (primary N) is 1. The van der Waals surface area contributed by atoms with Crippen molar-refractivity contribution >= 4 is 49.7 Å². The number of nitrogen functional groups attached to an aromatic ring is 1. The number of fused-ring (bicyclic) bond motifs is 1. The van der Waals surface area contributed by atoms with Gasteiger partial charge in [0.1, 0.15) is 12.1 Å². The molecule has 0 aliphatic heterocycles. The molecule has 19 heavy (non-hydrogen) atoms. The van der Waals surface area contributed by atoms with Gasteiger partial charge in [-0.2, -0.15) is 0 Å². The molecule has 0 unspecified atom stereocenters. The molecule has 3 N–H and O–H groups in total. The van der Waals surface area contributed by atoms with Crippen LogP contribution in [0.15, 0.2) is 40.4 Å². The number of halogens is 1. The first-order valence-electron chi connectivity index (χ1n) is 5.69. The van der Waals surface area contributed by atoms with E-state index in [1.54, 1.807) is 17.7 Å². The Labute approximate surface area is 122 Å². The number of hydrogen-bond acceptors (Lipinski definition) is 5. The lowest BCUT2D eigenvalue weighted by atomic mass is 10.2. The van der Waals surface area contributed by atoms with Crippen LogP contribution in [0.5, 0.6) is 0 Å². The first-order chi connectivity index (χ1) is 9.22. The molecule has 96 valence electrons. The highest BCUT2D eigenvalue weighted by molar-refractivity contribution is 9.10. The first-order valence-corrected chi connectivity index (χ1v) is 7.36. The van der Waals surface area contributed by atoms with Gasteiger partial charge in [0.25, 0.3) is 0 Å². The molecular formula is C13H11BrN4S. The lowest BCUT2D eigenvalue weighted by Crippen LogP contribution is -2.01. The lowest BCUT2D eigenvalue weighted by molar-refractivity contribution is 1.13. The summed E-state index contributed by atoms with van der Waals surface area (Å²) in [6.07, 6.45) is 1.55. The highest BCUT2D eigenvalue weighted by atomic mass is 79.9. The molecule has 0 saturated carbocycles. The number of anilines is 2. The van der Waals surface area contributed by atoms with Gasteiger partial charge in [-0.05, 0) is 40.2 Å². The Morgan fingerprint density at radius 3 is 2.95 bits per heavy atom. The molecule has 2 heterocycles. The second-order valence-electron chi connectivity index (χ2n) is 4.08. The summed E-state index contributed by atoms with van der Waals surface area (Å²) in [7, 11) is 0. The SMILES string of the molecule is Nc1ccc2c(NCc3cc(Br)cs3)ncnc2c1. The molecule has 0 radical (unpaired) electrons. The van der Waals surface area contributed by atoms with E-state index in [0.717, 1.165) is 27.7 Å². The number of aromatic nitrogens is 2. The fourth-order valence-electron chi connectivity index (χ4n) is 1.83. The molecule has 1 aromatic carbocycles. The van der Waals surface area contributed by atoms with E-state index in [0.29, 0.717) is 5.69 Å². The van der Waals surface area contributed by atoms with E-state index in [9.17, 15) is 0 Å². The zero-order chi connectivity index (χ0) is 13.2. The number of benzene rings is 1. The summed E-state index contributed by atoms with van der Waals surface area (Å²) in [5.41, 5.74) is 7.32. The van der Waals surface area contributed by atoms with Gasteiger partial charge < -0.3 is 11.1 Å². The maximum atomic E-state index is 5.76. The van der Waals surface area contributed by atoms with E-state index in [1.165, 1.54) is 4.88 Å². The third-order valence-corrected chi connectivity index (χ3v) is 4.41. The molecule has 0 aliphatic rings. The fourth-order valence-corrected chi connectivity index (χ4v) is 3.22. The average Bonchev–Trinajstić information content (AvgIpc) is 2.81. The maximum absolute atomic E-state index is 5.76. The van der Waals surface area contributed by atoms with Crippen molar-refractivity contribution in [3.05, 3.63) is 45.3 Å². The van der Waals surface area contributed by atoms with Crippen molar-refractivity contribution in [1.82, 2.24) is 9.97 Å². The molecule has 0 fully saturated rings. The molecule has 0 amide bonds. The Bertz CT molecular complexity index is 725. The minimum Gasteiger partial charge on any atom is -0.399 e. The number of thiophene rings is 1. The Kier molecular flexibility index (Phi) is 3.35. The summed E-state index contributed by atoms with van der Waals surface area (Å²) < 4.78 is 1.11. The summed E-state index contributed by atoms with van der Waals surface area (Å²) in [4.78, 5) is 9.76. The highest BCUT2D eigenvalue weighted by Gasteiger charge is 2.04. The summed E-state index contributed by atoms with van der Waals surface area (Å²) >= 11 is 5.15. The van der Waals surface area contributed by atoms with Gasteiger partial charge in [0.2, 0.25) is 0 Å². The van der Waals surface area contributed by atoms with Crippen LogP contribution in [0.1, 0.15) is 4.88 Å². The van der Waals surface area contributed by atoms with Crippen LogP contribution >= 0.6 is 27.3 Å².